The smallest absolute Gasteiger partial charge is 0.321 e. The highest BCUT2D eigenvalue weighted by Crippen LogP contribution is 2.48. The van der Waals surface area contributed by atoms with Crippen LogP contribution < -0.4 is 5.32 Å². The van der Waals surface area contributed by atoms with Crippen molar-refractivity contribution in [2.45, 2.75) is 43.2 Å². The van der Waals surface area contributed by atoms with Gasteiger partial charge in [0.05, 0.1) is 23.6 Å². The molecule has 9 heteroatoms. The zero-order valence-corrected chi connectivity index (χ0v) is 20.9. The first-order chi connectivity index (χ1) is 16.9. The Kier molecular flexibility index (Phi) is 7.66. The first kappa shape index (κ1) is 25.1. The van der Waals surface area contributed by atoms with Crippen LogP contribution in [0.15, 0.2) is 48.8 Å². The van der Waals surface area contributed by atoms with Crippen molar-refractivity contribution in [3.05, 3.63) is 54.4 Å². The van der Waals surface area contributed by atoms with E-state index >= 15 is 0 Å². The molecular formula is C26H36N6O3. The number of rotatable bonds is 9. The Morgan fingerprint density at radius 2 is 1.86 bits per heavy atom. The van der Waals surface area contributed by atoms with E-state index in [2.05, 4.69) is 64.8 Å². The molecular weight excluding hydrogens is 444 g/mol. The lowest BCUT2D eigenvalue weighted by molar-refractivity contribution is -0.116. The molecule has 0 bridgehead atoms. The molecule has 35 heavy (non-hydrogen) atoms. The van der Waals surface area contributed by atoms with Crippen LogP contribution in [0.3, 0.4) is 0 Å². The van der Waals surface area contributed by atoms with Crippen LogP contribution in [-0.4, -0.2) is 89.8 Å². The maximum absolute atomic E-state index is 13.5. The van der Waals surface area contributed by atoms with E-state index in [-0.39, 0.29) is 29.6 Å². The molecule has 9 nitrogen and oxygen atoms in total. The average molecular weight is 481 g/mol. The van der Waals surface area contributed by atoms with E-state index < -0.39 is 0 Å². The van der Waals surface area contributed by atoms with E-state index in [1.165, 1.54) is 18.0 Å². The number of ether oxygens (including phenoxy) is 1. The van der Waals surface area contributed by atoms with Gasteiger partial charge in [-0.05, 0) is 57.8 Å². The van der Waals surface area contributed by atoms with Crippen molar-refractivity contribution in [1.29, 1.82) is 0 Å². The lowest BCUT2D eigenvalue weighted by Gasteiger charge is -2.51. The van der Waals surface area contributed by atoms with Gasteiger partial charge < -0.3 is 19.9 Å². The molecule has 4 rings (SSSR count). The van der Waals surface area contributed by atoms with E-state index in [0.717, 1.165) is 32.1 Å². The summed E-state index contributed by atoms with van der Waals surface area (Å²) < 4.78 is 5.26. The first-order valence-electron chi connectivity index (χ1n) is 12.3. The standard InChI is InChI=1S/C26H36N6O3/c1-30(2)26(21-8-5-4-6-9-21)13-11-25(12-14-26)20-31(24(34)32(25)16-7-17-35-3)19-23(33)29-22-10-15-27-28-18-22/h4-6,8-10,15,18H,7,11-14,16-17,19-20H2,1-3H3,(H,27,29,33). The van der Waals surface area contributed by atoms with Gasteiger partial charge in [-0.15, -0.1) is 0 Å². The molecule has 2 heterocycles. The Morgan fingerprint density at radius 1 is 1.11 bits per heavy atom. The molecule has 0 unspecified atom stereocenters. The van der Waals surface area contributed by atoms with Gasteiger partial charge in [0.1, 0.15) is 6.54 Å². The van der Waals surface area contributed by atoms with Gasteiger partial charge >= 0.3 is 6.03 Å². The third-order valence-electron chi connectivity index (χ3n) is 7.67. The van der Waals surface area contributed by atoms with Crippen LogP contribution >= 0.6 is 0 Å². The summed E-state index contributed by atoms with van der Waals surface area (Å²) in [6.45, 7) is 1.79. The number of amides is 3. The molecule has 1 saturated heterocycles. The third kappa shape index (κ3) is 5.16. The highest BCUT2D eigenvalue weighted by Gasteiger charge is 2.54. The fourth-order valence-corrected chi connectivity index (χ4v) is 5.74. The van der Waals surface area contributed by atoms with Crippen LogP contribution in [0.25, 0.3) is 0 Å². The molecule has 2 aliphatic rings. The van der Waals surface area contributed by atoms with Gasteiger partial charge in [-0.25, -0.2) is 4.79 Å². The molecule has 1 aromatic heterocycles. The molecule has 3 amide bonds. The predicted molar refractivity (Wildman–Crippen MR) is 134 cm³/mol. The number of hydrogen-bond acceptors (Lipinski definition) is 6. The molecule has 0 atom stereocenters. The van der Waals surface area contributed by atoms with Crippen molar-refractivity contribution in [2.24, 2.45) is 0 Å². The van der Waals surface area contributed by atoms with Gasteiger partial charge in [-0.2, -0.15) is 10.2 Å². The van der Waals surface area contributed by atoms with Crippen molar-refractivity contribution < 1.29 is 14.3 Å². The molecule has 0 radical (unpaired) electrons. The number of benzene rings is 1. The van der Waals surface area contributed by atoms with Crippen LogP contribution in [0.5, 0.6) is 0 Å². The fraction of sp³-hybridized carbons (Fsp3) is 0.538. The average Bonchev–Trinajstić information content (AvgIpc) is 3.11. The number of carbonyl (C=O) groups is 2. The Labute approximate surface area is 207 Å². The Balaban J connectivity index is 1.52. The molecule has 1 saturated carbocycles. The third-order valence-corrected chi connectivity index (χ3v) is 7.67. The van der Waals surface area contributed by atoms with Crippen LogP contribution in [0.4, 0.5) is 10.5 Å². The van der Waals surface area contributed by atoms with Crippen LogP contribution in [0, 0.1) is 0 Å². The Morgan fingerprint density at radius 3 is 2.49 bits per heavy atom. The van der Waals surface area contributed by atoms with Gasteiger partial charge in [0, 0.05) is 32.3 Å². The summed E-state index contributed by atoms with van der Waals surface area (Å²) >= 11 is 0. The number of hydrogen-bond donors (Lipinski definition) is 1. The number of aromatic nitrogens is 2. The first-order valence-corrected chi connectivity index (χ1v) is 12.3. The summed E-state index contributed by atoms with van der Waals surface area (Å²) in [6.07, 6.45) is 7.44. The van der Waals surface area contributed by atoms with Gasteiger partial charge in [0.15, 0.2) is 0 Å². The second kappa shape index (κ2) is 10.7. The number of anilines is 1. The lowest BCUT2D eigenvalue weighted by Crippen LogP contribution is -2.55. The molecule has 2 fully saturated rings. The van der Waals surface area contributed by atoms with Gasteiger partial charge in [-0.1, -0.05) is 30.3 Å². The van der Waals surface area contributed by atoms with E-state index in [4.69, 9.17) is 4.74 Å². The van der Waals surface area contributed by atoms with E-state index in [9.17, 15) is 9.59 Å². The maximum atomic E-state index is 13.5. The summed E-state index contributed by atoms with van der Waals surface area (Å²) in [4.78, 5) is 32.3. The minimum atomic E-state index is -0.280. The number of nitrogens with zero attached hydrogens (tertiary/aromatic N) is 5. The number of methoxy groups -OCH3 is 1. The second-order valence-electron chi connectivity index (χ2n) is 9.83. The summed E-state index contributed by atoms with van der Waals surface area (Å²) in [5.74, 6) is -0.233. The van der Waals surface area contributed by atoms with Crippen molar-refractivity contribution >= 4 is 17.6 Å². The Hall–Kier alpha value is -3.04. The van der Waals surface area contributed by atoms with Crippen LogP contribution in [0.2, 0.25) is 0 Å². The van der Waals surface area contributed by atoms with E-state index in [1.807, 2.05) is 4.90 Å². The zero-order valence-electron chi connectivity index (χ0n) is 20.9. The minimum absolute atomic E-state index is 0.0151. The van der Waals surface area contributed by atoms with Crippen LogP contribution in [-0.2, 0) is 15.1 Å². The van der Waals surface area contributed by atoms with Gasteiger partial charge in [0.25, 0.3) is 0 Å². The van der Waals surface area contributed by atoms with E-state index in [0.29, 0.717) is 25.4 Å². The summed E-state index contributed by atoms with van der Waals surface area (Å²) in [5, 5.41) is 10.3. The SMILES string of the molecule is COCCCN1C(=O)N(CC(=O)Nc2ccnnc2)CC12CCC(c1ccccc1)(N(C)C)CC2. The quantitative estimate of drug-likeness (QED) is 0.555. The number of carbonyl (C=O) groups excluding carboxylic acids is 2. The molecule has 1 N–H and O–H groups in total. The summed E-state index contributed by atoms with van der Waals surface area (Å²) in [6, 6.07) is 12.3. The van der Waals surface area contributed by atoms with Crippen molar-refractivity contribution in [3.63, 3.8) is 0 Å². The van der Waals surface area contributed by atoms with Crippen molar-refractivity contribution in [2.75, 3.05) is 52.8 Å². The highest BCUT2D eigenvalue weighted by atomic mass is 16.5. The summed E-state index contributed by atoms with van der Waals surface area (Å²) in [7, 11) is 5.97. The highest BCUT2D eigenvalue weighted by molar-refractivity contribution is 5.94. The zero-order chi connectivity index (χ0) is 24.9. The largest absolute Gasteiger partial charge is 0.385 e. The molecule has 1 aromatic carbocycles. The van der Waals surface area contributed by atoms with E-state index in [1.54, 1.807) is 18.1 Å². The number of nitrogens with one attached hydrogen (secondary N) is 1. The van der Waals surface area contributed by atoms with Gasteiger partial charge in [0.2, 0.25) is 5.91 Å². The summed E-state index contributed by atoms with van der Waals surface area (Å²) in [5.41, 5.74) is 1.54. The second-order valence-corrected chi connectivity index (χ2v) is 9.83. The molecule has 1 aliphatic carbocycles. The number of urea groups is 1. The van der Waals surface area contributed by atoms with Crippen molar-refractivity contribution in [3.8, 4) is 0 Å². The molecule has 2 aromatic rings. The Bertz CT molecular complexity index is 993. The lowest BCUT2D eigenvalue weighted by atomic mass is 9.68. The minimum Gasteiger partial charge on any atom is -0.385 e. The topological polar surface area (TPSA) is 90.9 Å². The monoisotopic (exact) mass is 480 g/mol. The fourth-order valence-electron chi connectivity index (χ4n) is 5.74. The normalized spacial score (nSPS) is 24.4. The molecule has 1 aliphatic heterocycles. The molecule has 188 valence electrons. The maximum Gasteiger partial charge on any atom is 0.321 e. The van der Waals surface area contributed by atoms with Crippen LogP contribution in [0.1, 0.15) is 37.7 Å². The van der Waals surface area contributed by atoms with Crippen molar-refractivity contribution in [1.82, 2.24) is 24.9 Å². The van der Waals surface area contributed by atoms with Gasteiger partial charge in [-0.3, -0.25) is 9.69 Å². The molecule has 1 spiro atoms. The predicted octanol–water partition coefficient (Wildman–Crippen LogP) is 2.96.